The Labute approximate surface area is 85.8 Å². The van der Waals surface area contributed by atoms with Crippen LogP contribution in [0.1, 0.15) is 11.3 Å². The quantitative estimate of drug-likeness (QED) is 0.789. The zero-order chi connectivity index (χ0) is 11.0. The summed E-state index contributed by atoms with van der Waals surface area (Å²) in [6.45, 7) is 1.90. The van der Waals surface area contributed by atoms with Crippen molar-refractivity contribution in [1.29, 1.82) is 0 Å². The molecule has 0 atom stereocenters. The van der Waals surface area contributed by atoms with E-state index in [9.17, 15) is 9.90 Å². The molecule has 0 spiro atoms. The molecule has 2 rings (SSSR count). The molecule has 0 aliphatic heterocycles. The molecule has 4 nitrogen and oxygen atoms in total. The van der Waals surface area contributed by atoms with Crippen molar-refractivity contribution in [1.82, 2.24) is 0 Å². The molecule has 78 valence electrons. The highest BCUT2D eigenvalue weighted by molar-refractivity contribution is 5.87. The van der Waals surface area contributed by atoms with Gasteiger partial charge in [-0.1, -0.05) is 6.07 Å². The van der Waals surface area contributed by atoms with Gasteiger partial charge in [-0.05, 0) is 24.6 Å². The number of hydrogen-bond donors (Lipinski definition) is 2. The van der Waals surface area contributed by atoms with Gasteiger partial charge in [0.25, 0.3) is 0 Å². The van der Waals surface area contributed by atoms with Crippen molar-refractivity contribution in [3.63, 3.8) is 0 Å². The van der Waals surface area contributed by atoms with Gasteiger partial charge in [0, 0.05) is 0 Å². The zero-order valence-corrected chi connectivity index (χ0v) is 8.15. The first-order valence-electron chi connectivity index (χ1n) is 4.50. The number of aromatic hydroxyl groups is 1. The van der Waals surface area contributed by atoms with Gasteiger partial charge >= 0.3 is 5.97 Å². The van der Waals surface area contributed by atoms with Gasteiger partial charge in [-0.25, -0.2) is 0 Å². The maximum atomic E-state index is 10.5. The van der Waals surface area contributed by atoms with Crippen molar-refractivity contribution in [3.05, 3.63) is 29.5 Å². The number of aliphatic carboxylic acids is 1. The van der Waals surface area contributed by atoms with E-state index in [1.54, 1.807) is 12.1 Å². The fraction of sp³-hybridized carbons (Fsp3) is 0.182. The molecule has 0 bridgehead atoms. The van der Waals surface area contributed by atoms with Crippen molar-refractivity contribution in [2.45, 2.75) is 13.3 Å². The molecule has 1 aromatic heterocycles. The minimum absolute atomic E-state index is 0.0765. The van der Waals surface area contributed by atoms with Crippen LogP contribution in [0, 0.1) is 6.92 Å². The molecule has 0 saturated heterocycles. The number of carbonyl (C=O) groups is 1. The summed E-state index contributed by atoms with van der Waals surface area (Å²) in [5.41, 5.74) is 1.52. The summed E-state index contributed by atoms with van der Waals surface area (Å²) in [7, 11) is 0. The molecule has 4 heteroatoms. The highest BCUT2D eigenvalue weighted by atomic mass is 16.4. The predicted octanol–water partition coefficient (Wildman–Crippen LogP) is 2.07. The van der Waals surface area contributed by atoms with Gasteiger partial charge < -0.3 is 14.6 Å². The molecular weight excluding hydrogens is 196 g/mol. The van der Waals surface area contributed by atoms with E-state index in [4.69, 9.17) is 9.52 Å². The van der Waals surface area contributed by atoms with E-state index in [0.29, 0.717) is 11.0 Å². The summed E-state index contributed by atoms with van der Waals surface area (Å²) < 4.78 is 5.26. The molecule has 1 aromatic carbocycles. The monoisotopic (exact) mass is 206 g/mol. The van der Waals surface area contributed by atoms with Crippen LogP contribution in [0.25, 0.3) is 11.0 Å². The number of benzene rings is 1. The van der Waals surface area contributed by atoms with Crippen LogP contribution in [-0.2, 0) is 11.2 Å². The Kier molecular flexibility index (Phi) is 2.11. The second-order valence-corrected chi connectivity index (χ2v) is 3.44. The highest BCUT2D eigenvalue weighted by Gasteiger charge is 2.15. The van der Waals surface area contributed by atoms with E-state index >= 15 is 0 Å². The second-order valence-electron chi connectivity index (χ2n) is 3.44. The fourth-order valence-corrected chi connectivity index (χ4v) is 1.50. The maximum Gasteiger partial charge on any atom is 0.311 e. The summed E-state index contributed by atoms with van der Waals surface area (Å²) >= 11 is 0. The lowest BCUT2D eigenvalue weighted by Crippen LogP contribution is -1.98. The molecule has 0 fully saturated rings. The number of fused-ring (bicyclic) bond motifs is 1. The molecule has 2 N–H and O–H groups in total. The Morgan fingerprint density at radius 1 is 1.47 bits per heavy atom. The first-order chi connectivity index (χ1) is 7.08. The Balaban J connectivity index is 2.58. The van der Waals surface area contributed by atoms with E-state index in [1.807, 2.05) is 13.0 Å². The van der Waals surface area contributed by atoms with Crippen LogP contribution in [0.3, 0.4) is 0 Å². The van der Waals surface area contributed by atoms with Crippen molar-refractivity contribution >= 4 is 16.9 Å². The number of aryl methyl sites for hydroxylation is 1. The Bertz CT molecular complexity index is 525. The van der Waals surface area contributed by atoms with Gasteiger partial charge in [-0.2, -0.15) is 0 Å². The minimum Gasteiger partial charge on any atom is -0.504 e. The molecular formula is C11H10O4. The third kappa shape index (κ3) is 1.66. The Morgan fingerprint density at radius 2 is 2.20 bits per heavy atom. The minimum atomic E-state index is -1.03. The third-order valence-electron chi connectivity index (χ3n) is 2.20. The maximum absolute atomic E-state index is 10.5. The zero-order valence-electron chi connectivity index (χ0n) is 8.15. The Hall–Kier alpha value is -1.97. The molecule has 2 aromatic rings. The van der Waals surface area contributed by atoms with E-state index in [1.165, 1.54) is 0 Å². The van der Waals surface area contributed by atoms with Crippen LogP contribution in [0.5, 0.6) is 5.75 Å². The molecule has 1 heterocycles. The lowest BCUT2D eigenvalue weighted by molar-refractivity contribution is -0.136. The van der Waals surface area contributed by atoms with Gasteiger partial charge in [-0.15, -0.1) is 0 Å². The number of carboxylic acid groups (broad SMARTS) is 1. The molecule has 0 aliphatic carbocycles. The van der Waals surface area contributed by atoms with Crippen LogP contribution < -0.4 is 0 Å². The number of furan rings is 1. The summed E-state index contributed by atoms with van der Waals surface area (Å²) in [4.78, 5) is 10.5. The standard InChI is InChI=1S/C11H10O4/c1-6-2-3-7-8(4-6)15-9(11(7)14)5-10(12)13/h2-4,14H,5H2,1H3,(H,12,13). The predicted molar refractivity (Wildman–Crippen MR) is 54.0 cm³/mol. The van der Waals surface area contributed by atoms with Crippen LogP contribution in [-0.4, -0.2) is 16.2 Å². The summed E-state index contributed by atoms with van der Waals surface area (Å²) in [5.74, 6) is -1.00. The Morgan fingerprint density at radius 3 is 2.87 bits per heavy atom. The smallest absolute Gasteiger partial charge is 0.311 e. The fourth-order valence-electron chi connectivity index (χ4n) is 1.50. The van der Waals surface area contributed by atoms with Gasteiger partial charge in [0.2, 0.25) is 0 Å². The van der Waals surface area contributed by atoms with Crippen LogP contribution >= 0.6 is 0 Å². The molecule has 0 saturated carbocycles. The van der Waals surface area contributed by atoms with Gasteiger partial charge in [-0.3, -0.25) is 4.79 Å². The first-order valence-corrected chi connectivity index (χ1v) is 4.50. The lowest BCUT2D eigenvalue weighted by Gasteiger charge is -1.90. The van der Waals surface area contributed by atoms with Crippen molar-refractivity contribution in [2.24, 2.45) is 0 Å². The van der Waals surface area contributed by atoms with Gasteiger partial charge in [0.15, 0.2) is 11.5 Å². The van der Waals surface area contributed by atoms with E-state index < -0.39 is 5.97 Å². The SMILES string of the molecule is Cc1ccc2c(O)c(CC(=O)O)oc2c1. The molecule has 0 unspecified atom stereocenters. The molecule has 15 heavy (non-hydrogen) atoms. The molecule has 0 radical (unpaired) electrons. The van der Waals surface area contributed by atoms with Crippen molar-refractivity contribution in [2.75, 3.05) is 0 Å². The molecule has 0 aliphatic rings. The van der Waals surface area contributed by atoms with Crippen molar-refractivity contribution in [3.8, 4) is 5.75 Å². The first kappa shape index (κ1) is 9.58. The van der Waals surface area contributed by atoms with E-state index in [-0.39, 0.29) is 17.9 Å². The van der Waals surface area contributed by atoms with E-state index in [0.717, 1.165) is 5.56 Å². The van der Waals surface area contributed by atoms with Gasteiger partial charge in [0.1, 0.15) is 12.0 Å². The number of carboxylic acids is 1. The number of hydrogen-bond acceptors (Lipinski definition) is 3. The lowest BCUT2D eigenvalue weighted by atomic mass is 10.1. The van der Waals surface area contributed by atoms with Crippen LogP contribution in [0.15, 0.2) is 22.6 Å². The second kappa shape index (κ2) is 3.31. The van der Waals surface area contributed by atoms with Crippen LogP contribution in [0.2, 0.25) is 0 Å². The average molecular weight is 206 g/mol. The van der Waals surface area contributed by atoms with Gasteiger partial charge in [0.05, 0.1) is 5.39 Å². The van der Waals surface area contributed by atoms with E-state index in [2.05, 4.69) is 0 Å². The highest BCUT2D eigenvalue weighted by Crippen LogP contribution is 2.32. The largest absolute Gasteiger partial charge is 0.504 e. The number of rotatable bonds is 2. The van der Waals surface area contributed by atoms with Crippen molar-refractivity contribution < 1.29 is 19.4 Å². The topological polar surface area (TPSA) is 70.7 Å². The molecule has 0 amide bonds. The normalized spacial score (nSPS) is 10.7. The summed E-state index contributed by atoms with van der Waals surface area (Å²) in [6.07, 6.45) is -0.306. The summed E-state index contributed by atoms with van der Waals surface area (Å²) in [5, 5.41) is 18.8. The third-order valence-corrected chi connectivity index (χ3v) is 2.20. The summed E-state index contributed by atoms with van der Waals surface area (Å²) in [6, 6.07) is 5.32. The van der Waals surface area contributed by atoms with Crippen LogP contribution in [0.4, 0.5) is 0 Å². The average Bonchev–Trinajstić information content (AvgIpc) is 2.42.